The highest BCUT2D eigenvalue weighted by Crippen LogP contribution is 2.17. The summed E-state index contributed by atoms with van der Waals surface area (Å²) < 4.78 is 0. The first kappa shape index (κ1) is 14.8. The maximum atomic E-state index is 12.4. The minimum absolute atomic E-state index is 0.202. The molecule has 0 aliphatic carbocycles. The second kappa shape index (κ2) is 6.74. The van der Waals surface area contributed by atoms with Crippen LogP contribution in [0.1, 0.15) is 27.0 Å². The summed E-state index contributed by atoms with van der Waals surface area (Å²) in [7, 11) is 0. The molecule has 3 nitrogen and oxygen atoms in total. The van der Waals surface area contributed by atoms with Gasteiger partial charge < -0.3 is 10.4 Å². The van der Waals surface area contributed by atoms with Gasteiger partial charge in [0.15, 0.2) is 0 Å². The first-order valence-electron chi connectivity index (χ1n) is 6.69. The van der Waals surface area contributed by atoms with Crippen LogP contribution in [0, 0.1) is 25.7 Å². The van der Waals surface area contributed by atoms with Crippen molar-refractivity contribution in [3.63, 3.8) is 0 Å². The van der Waals surface area contributed by atoms with Gasteiger partial charge in [-0.2, -0.15) is 0 Å². The average molecular weight is 279 g/mol. The Hall–Kier alpha value is -2.57. The molecule has 106 valence electrons. The van der Waals surface area contributed by atoms with E-state index in [1.807, 2.05) is 50.2 Å². The summed E-state index contributed by atoms with van der Waals surface area (Å²) >= 11 is 0. The molecule has 2 aromatic carbocycles. The predicted molar refractivity (Wildman–Crippen MR) is 84.3 cm³/mol. The molecule has 21 heavy (non-hydrogen) atoms. The number of carbonyl (C=O) groups excluding carboxylic acids is 1. The number of hydrogen-bond donors (Lipinski definition) is 2. The van der Waals surface area contributed by atoms with Crippen LogP contribution in [0.15, 0.2) is 42.5 Å². The molecule has 2 rings (SSSR count). The minimum Gasteiger partial charge on any atom is -0.384 e. The molecule has 0 radical (unpaired) electrons. The number of aryl methyl sites for hydroxylation is 2. The van der Waals surface area contributed by atoms with Gasteiger partial charge in [0.1, 0.15) is 6.61 Å². The Labute approximate surface area is 124 Å². The SMILES string of the molecule is Cc1ccc(C(=O)Nc2ccccc2C)c(C#CCO)c1. The van der Waals surface area contributed by atoms with Gasteiger partial charge in [-0.1, -0.05) is 36.1 Å². The average Bonchev–Trinajstić information content (AvgIpc) is 2.47. The first-order chi connectivity index (χ1) is 10.1. The van der Waals surface area contributed by atoms with Crippen LogP contribution in [0.4, 0.5) is 5.69 Å². The molecule has 0 bridgehead atoms. The van der Waals surface area contributed by atoms with Crippen molar-refractivity contribution in [3.8, 4) is 11.8 Å². The third kappa shape index (κ3) is 3.71. The Morgan fingerprint density at radius 2 is 1.95 bits per heavy atom. The Kier molecular flexibility index (Phi) is 4.76. The quantitative estimate of drug-likeness (QED) is 0.830. The third-order valence-electron chi connectivity index (χ3n) is 3.12. The van der Waals surface area contributed by atoms with Crippen LogP contribution in [0.25, 0.3) is 0 Å². The van der Waals surface area contributed by atoms with Crippen LogP contribution in [-0.4, -0.2) is 17.6 Å². The first-order valence-corrected chi connectivity index (χ1v) is 6.69. The monoisotopic (exact) mass is 279 g/mol. The summed E-state index contributed by atoms with van der Waals surface area (Å²) in [4.78, 5) is 12.4. The highest BCUT2D eigenvalue weighted by molar-refractivity contribution is 6.06. The number of aliphatic hydroxyl groups is 1. The number of para-hydroxylation sites is 1. The number of aliphatic hydroxyl groups excluding tert-OH is 1. The zero-order valence-corrected chi connectivity index (χ0v) is 12.1. The molecule has 0 aliphatic heterocycles. The van der Waals surface area contributed by atoms with E-state index in [4.69, 9.17) is 5.11 Å². The predicted octanol–water partition coefficient (Wildman–Crippen LogP) is 2.90. The lowest BCUT2D eigenvalue weighted by molar-refractivity contribution is 0.102. The molecule has 0 spiro atoms. The van der Waals surface area contributed by atoms with Crippen molar-refractivity contribution >= 4 is 11.6 Å². The molecule has 0 saturated carbocycles. The van der Waals surface area contributed by atoms with Crippen molar-refractivity contribution in [2.45, 2.75) is 13.8 Å². The number of anilines is 1. The van der Waals surface area contributed by atoms with Crippen molar-refractivity contribution in [2.24, 2.45) is 0 Å². The Morgan fingerprint density at radius 3 is 2.67 bits per heavy atom. The second-order valence-corrected chi connectivity index (χ2v) is 4.78. The summed E-state index contributed by atoms with van der Waals surface area (Å²) in [6, 6.07) is 13.1. The summed E-state index contributed by atoms with van der Waals surface area (Å²) in [6.45, 7) is 3.65. The lowest BCUT2D eigenvalue weighted by Gasteiger charge is -2.10. The number of benzene rings is 2. The van der Waals surface area contributed by atoms with Crippen LogP contribution in [0.2, 0.25) is 0 Å². The molecule has 1 amide bonds. The van der Waals surface area contributed by atoms with Crippen LogP contribution >= 0.6 is 0 Å². The summed E-state index contributed by atoms with van der Waals surface area (Å²) in [5, 5.41) is 11.7. The summed E-state index contributed by atoms with van der Waals surface area (Å²) in [5.74, 6) is 5.21. The second-order valence-electron chi connectivity index (χ2n) is 4.78. The maximum Gasteiger partial charge on any atom is 0.256 e. The van der Waals surface area contributed by atoms with Gasteiger partial charge in [0.2, 0.25) is 0 Å². The topological polar surface area (TPSA) is 49.3 Å². The lowest BCUT2D eigenvalue weighted by atomic mass is 10.0. The van der Waals surface area contributed by atoms with E-state index < -0.39 is 0 Å². The van der Waals surface area contributed by atoms with Gasteiger partial charge in [0, 0.05) is 11.3 Å². The number of amides is 1. The molecular formula is C18H17NO2. The van der Waals surface area contributed by atoms with Gasteiger partial charge in [-0.15, -0.1) is 0 Å². The van der Waals surface area contributed by atoms with Crippen molar-refractivity contribution in [3.05, 3.63) is 64.7 Å². The molecule has 0 atom stereocenters. The van der Waals surface area contributed by atoms with Crippen molar-refractivity contribution in [1.29, 1.82) is 0 Å². The van der Waals surface area contributed by atoms with Gasteiger partial charge >= 0.3 is 0 Å². The molecule has 0 unspecified atom stereocenters. The minimum atomic E-state index is -0.229. The normalized spacial score (nSPS) is 9.67. The van der Waals surface area contributed by atoms with Crippen LogP contribution in [-0.2, 0) is 0 Å². The summed E-state index contributed by atoms with van der Waals surface area (Å²) in [6.07, 6.45) is 0. The van der Waals surface area contributed by atoms with E-state index in [9.17, 15) is 4.79 Å². The van der Waals surface area contributed by atoms with E-state index in [0.717, 1.165) is 16.8 Å². The van der Waals surface area contributed by atoms with Crippen molar-refractivity contribution in [1.82, 2.24) is 0 Å². The molecule has 0 fully saturated rings. The fourth-order valence-electron chi connectivity index (χ4n) is 2.00. The Morgan fingerprint density at radius 1 is 1.19 bits per heavy atom. The molecule has 2 N–H and O–H groups in total. The van der Waals surface area contributed by atoms with Crippen molar-refractivity contribution in [2.75, 3.05) is 11.9 Å². The fourth-order valence-corrected chi connectivity index (χ4v) is 2.00. The molecule has 3 heteroatoms. The highest BCUT2D eigenvalue weighted by Gasteiger charge is 2.11. The van der Waals surface area contributed by atoms with E-state index in [0.29, 0.717) is 11.1 Å². The molecular weight excluding hydrogens is 262 g/mol. The van der Waals surface area contributed by atoms with Crippen molar-refractivity contribution < 1.29 is 9.90 Å². The standard InChI is InChI=1S/C18H17NO2/c1-13-9-10-16(15(12-13)7-5-11-20)18(21)19-17-8-4-3-6-14(17)2/h3-4,6,8-10,12,20H,11H2,1-2H3,(H,19,21). The Bertz CT molecular complexity index is 723. The highest BCUT2D eigenvalue weighted by atomic mass is 16.2. The van der Waals surface area contributed by atoms with E-state index >= 15 is 0 Å². The molecule has 0 heterocycles. The van der Waals surface area contributed by atoms with E-state index in [1.165, 1.54) is 0 Å². The molecule has 0 saturated heterocycles. The Balaban J connectivity index is 2.33. The number of nitrogens with one attached hydrogen (secondary N) is 1. The fraction of sp³-hybridized carbons (Fsp3) is 0.167. The largest absolute Gasteiger partial charge is 0.384 e. The maximum absolute atomic E-state index is 12.4. The number of hydrogen-bond acceptors (Lipinski definition) is 2. The molecule has 0 aromatic heterocycles. The smallest absolute Gasteiger partial charge is 0.256 e. The number of rotatable bonds is 2. The lowest BCUT2D eigenvalue weighted by Crippen LogP contribution is -2.14. The zero-order valence-electron chi connectivity index (χ0n) is 12.1. The van der Waals surface area contributed by atoms with Crippen LogP contribution in [0.3, 0.4) is 0 Å². The van der Waals surface area contributed by atoms with Crippen LogP contribution in [0.5, 0.6) is 0 Å². The van der Waals surface area contributed by atoms with E-state index in [1.54, 1.807) is 6.07 Å². The van der Waals surface area contributed by atoms with Gasteiger partial charge in [-0.3, -0.25) is 4.79 Å². The van der Waals surface area contributed by atoms with Gasteiger partial charge in [-0.25, -0.2) is 0 Å². The van der Waals surface area contributed by atoms with Gasteiger partial charge in [0.05, 0.1) is 5.56 Å². The zero-order chi connectivity index (χ0) is 15.2. The van der Waals surface area contributed by atoms with Crippen LogP contribution < -0.4 is 5.32 Å². The van der Waals surface area contributed by atoms with Gasteiger partial charge in [0.25, 0.3) is 5.91 Å². The third-order valence-corrected chi connectivity index (χ3v) is 3.12. The summed E-state index contributed by atoms with van der Waals surface area (Å²) in [5.41, 5.74) is 3.93. The van der Waals surface area contributed by atoms with E-state index in [-0.39, 0.29) is 12.5 Å². The van der Waals surface area contributed by atoms with E-state index in [2.05, 4.69) is 17.2 Å². The van der Waals surface area contributed by atoms with Gasteiger partial charge in [-0.05, 0) is 43.2 Å². The number of carbonyl (C=O) groups is 1. The molecule has 2 aromatic rings. The molecule has 0 aliphatic rings.